The Morgan fingerprint density at radius 3 is 2.72 bits per heavy atom. The van der Waals surface area contributed by atoms with E-state index < -0.39 is 12.4 Å². The van der Waals surface area contributed by atoms with Gasteiger partial charge in [-0.2, -0.15) is 0 Å². The smallest absolute Gasteiger partial charge is 0.311 e. The summed E-state index contributed by atoms with van der Waals surface area (Å²) in [6.45, 7) is 1.91. The van der Waals surface area contributed by atoms with E-state index in [9.17, 15) is 13.6 Å². The lowest BCUT2D eigenvalue weighted by molar-refractivity contribution is -0.142. The molecule has 4 N–H and O–H groups in total. The second kappa shape index (κ2) is 6.25. The maximum atomic E-state index is 12.6. The van der Waals surface area contributed by atoms with Gasteiger partial charge in [-0.05, 0) is 18.6 Å². The molecule has 0 aliphatic rings. The third-order valence-corrected chi connectivity index (χ3v) is 2.32. The Bertz CT molecular complexity index is 439. The average molecular weight is 259 g/mol. The first-order valence-corrected chi connectivity index (χ1v) is 5.41. The van der Waals surface area contributed by atoms with Crippen molar-refractivity contribution in [3.05, 3.63) is 22.9 Å². The fourth-order valence-electron chi connectivity index (χ4n) is 1.48. The van der Waals surface area contributed by atoms with Gasteiger partial charge in [0.2, 0.25) is 0 Å². The number of esters is 1. The molecule has 1 aromatic heterocycles. The minimum atomic E-state index is -2.72. The standard InChI is InChI=1S/C11H15F2N3O2/c1-2-18-9(17)4-8-6(5-14)3-7(10(12)13)11(15)16-8/h3,10H,2,4-5,14H2,1H3,(H2,15,16). The van der Waals surface area contributed by atoms with Crippen LogP contribution in [0.15, 0.2) is 6.07 Å². The van der Waals surface area contributed by atoms with Crippen LogP contribution in [0.1, 0.15) is 30.2 Å². The van der Waals surface area contributed by atoms with E-state index in [1.807, 2.05) is 0 Å². The molecule has 0 amide bonds. The number of halogens is 2. The predicted octanol–water partition coefficient (Wildman–Crippen LogP) is 1.17. The number of nitrogens with two attached hydrogens (primary N) is 2. The van der Waals surface area contributed by atoms with E-state index in [0.29, 0.717) is 5.56 Å². The molecule has 7 heteroatoms. The van der Waals surface area contributed by atoms with Gasteiger partial charge in [0, 0.05) is 6.54 Å². The van der Waals surface area contributed by atoms with Crippen LogP contribution in [0.2, 0.25) is 0 Å². The second-order valence-electron chi connectivity index (χ2n) is 3.56. The van der Waals surface area contributed by atoms with E-state index in [1.165, 1.54) is 6.07 Å². The van der Waals surface area contributed by atoms with Crippen LogP contribution in [0.3, 0.4) is 0 Å². The van der Waals surface area contributed by atoms with E-state index in [-0.39, 0.29) is 36.6 Å². The zero-order valence-electron chi connectivity index (χ0n) is 9.95. The fraction of sp³-hybridized carbons (Fsp3) is 0.455. The summed E-state index contributed by atoms with van der Waals surface area (Å²) < 4.78 is 30.0. The van der Waals surface area contributed by atoms with Crippen molar-refractivity contribution in [2.24, 2.45) is 5.73 Å². The molecule has 0 aliphatic heterocycles. The molecule has 100 valence electrons. The van der Waals surface area contributed by atoms with Gasteiger partial charge in [-0.3, -0.25) is 4.79 Å². The van der Waals surface area contributed by atoms with Crippen molar-refractivity contribution in [3.63, 3.8) is 0 Å². The average Bonchev–Trinajstić information content (AvgIpc) is 2.29. The van der Waals surface area contributed by atoms with E-state index in [4.69, 9.17) is 16.2 Å². The first kappa shape index (κ1) is 14.3. The SMILES string of the molecule is CCOC(=O)Cc1nc(N)c(C(F)F)cc1CN. The van der Waals surface area contributed by atoms with Crippen molar-refractivity contribution in [1.29, 1.82) is 0 Å². The van der Waals surface area contributed by atoms with Crippen molar-refractivity contribution in [2.75, 3.05) is 12.3 Å². The second-order valence-corrected chi connectivity index (χ2v) is 3.56. The number of rotatable bonds is 5. The summed E-state index contributed by atoms with van der Waals surface area (Å²) in [5.74, 6) is -0.787. The highest BCUT2D eigenvalue weighted by Crippen LogP contribution is 2.26. The number of nitrogen functional groups attached to an aromatic ring is 1. The minimum absolute atomic E-state index is 0.00172. The van der Waals surface area contributed by atoms with E-state index >= 15 is 0 Å². The van der Waals surface area contributed by atoms with Crippen LogP contribution in [-0.2, 0) is 22.5 Å². The minimum Gasteiger partial charge on any atom is -0.466 e. The van der Waals surface area contributed by atoms with E-state index in [1.54, 1.807) is 6.92 Å². The van der Waals surface area contributed by atoms with Crippen LogP contribution in [0.5, 0.6) is 0 Å². The molecule has 0 aliphatic carbocycles. The fourth-order valence-corrected chi connectivity index (χ4v) is 1.48. The van der Waals surface area contributed by atoms with E-state index in [0.717, 1.165) is 0 Å². The van der Waals surface area contributed by atoms with Crippen molar-refractivity contribution in [2.45, 2.75) is 26.3 Å². The van der Waals surface area contributed by atoms with Gasteiger partial charge >= 0.3 is 5.97 Å². The normalized spacial score (nSPS) is 10.7. The topological polar surface area (TPSA) is 91.2 Å². The molecule has 0 unspecified atom stereocenters. The maximum Gasteiger partial charge on any atom is 0.311 e. The van der Waals surface area contributed by atoms with Crippen molar-refractivity contribution in [1.82, 2.24) is 4.98 Å². The summed E-state index contributed by atoms with van der Waals surface area (Å²) in [5.41, 5.74) is 11.1. The molecule has 0 saturated heterocycles. The van der Waals surface area contributed by atoms with Crippen molar-refractivity contribution < 1.29 is 18.3 Å². The summed E-state index contributed by atoms with van der Waals surface area (Å²) in [6.07, 6.45) is -2.85. The highest BCUT2D eigenvalue weighted by Gasteiger charge is 2.18. The molecule has 0 aromatic carbocycles. The maximum absolute atomic E-state index is 12.6. The number of pyridine rings is 1. The molecule has 0 radical (unpaired) electrons. The number of alkyl halides is 2. The predicted molar refractivity (Wildman–Crippen MR) is 61.8 cm³/mol. The van der Waals surface area contributed by atoms with E-state index in [2.05, 4.69) is 4.98 Å². The first-order valence-electron chi connectivity index (χ1n) is 5.41. The molecule has 1 heterocycles. The Morgan fingerprint density at radius 1 is 1.56 bits per heavy atom. The number of aromatic nitrogens is 1. The van der Waals surface area contributed by atoms with Crippen LogP contribution >= 0.6 is 0 Å². The molecule has 1 aromatic rings. The van der Waals surface area contributed by atoms with Crippen molar-refractivity contribution >= 4 is 11.8 Å². The third-order valence-electron chi connectivity index (χ3n) is 2.32. The number of hydrogen-bond acceptors (Lipinski definition) is 5. The Balaban J connectivity index is 3.05. The Kier molecular flexibility index (Phi) is 4.96. The van der Waals surface area contributed by atoms with Gasteiger partial charge in [-0.25, -0.2) is 13.8 Å². The summed E-state index contributed by atoms with van der Waals surface area (Å²) in [7, 11) is 0. The molecule has 1 rings (SSSR count). The van der Waals surface area contributed by atoms with Crippen LogP contribution in [-0.4, -0.2) is 17.6 Å². The quantitative estimate of drug-likeness (QED) is 0.774. The number of carbonyl (C=O) groups is 1. The molecule has 0 fully saturated rings. The Labute approximate surface area is 103 Å². The van der Waals surface area contributed by atoms with Crippen LogP contribution in [0.25, 0.3) is 0 Å². The number of carbonyl (C=O) groups excluding carboxylic acids is 1. The number of ether oxygens (including phenoxy) is 1. The largest absolute Gasteiger partial charge is 0.466 e. The van der Waals surface area contributed by atoms with Crippen molar-refractivity contribution in [3.8, 4) is 0 Å². The lowest BCUT2D eigenvalue weighted by atomic mass is 10.1. The summed E-state index contributed by atoms with van der Waals surface area (Å²) in [5, 5.41) is 0. The van der Waals surface area contributed by atoms with Crippen LogP contribution in [0, 0.1) is 0 Å². The number of hydrogen-bond donors (Lipinski definition) is 2. The molecule has 0 spiro atoms. The molecule has 0 saturated carbocycles. The monoisotopic (exact) mass is 259 g/mol. The highest BCUT2D eigenvalue weighted by molar-refractivity contribution is 5.72. The zero-order valence-corrected chi connectivity index (χ0v) is 9.95. The highest BCUT2D eigenvalue weighted by atomic mass is 19.3. The molecule has 18 heavy (non-hydrogen) atoms. The first-order chi connectivity index (χ1) is 8.49. The van der Waals surface area contributed by atoms with Gasteiger partial charge in [0.25, 0.3) is 6.43 Å². The molecular weight excluding hydrogens is 244 g/mol. The Morgan fingerprint density at radius 2 is 2.22 bits per heavy atom. The molecule has 5 nitrogen and oxygen atoms in total. The van der Waals surface area contributed by atoms with Gasteiger partial charge in [0.05, 0.1) is 24.3 Å². The lowest BCUT2D eigenvalue weighted by Crippen LogP contribution is -2.14. The van der Waals surface area contributed by atoms with Gasteiger partial charge in [0.15, 0.2) is 0 Å². The van der Waals surface area contributed by atoms with Crippen LogP contribution < -0.4 is 11.5 Å². The molecule has 0 bridgehead atoms. The van der Waals surface area contributed by atoms with Gasteiger partial charge in [0.1, 0.15) is 5.82 Å². The molecular formula is C11H15F2N3O2. The van der Waals surface area contributed by atoms with Gasteiger partial charge < -0.3 is 16.2 Å². The number of anilines is 1. The summed E-state index contributed by atoms with van der Waals surface area (Å²) in [6, 6.07) is 1.18. The van der Waals surface area contributed by atoms with Gasteiger partial charge in [-0.15, -0.1) is 0 Å². The van der Waals surface area contributed by atoms with Gasteiger partial charge in [-0.1, -0.05) is 0 Å². The Hall–Kier alpha value is -1.76. The number of nitrogens with zero attached hydrogens (tertiary/aromatic N) is 1. The summed E-state index contributed by atoms with van der Waals surface area (Å²) >= 11 is 0. The lowest BCUT2D eigenvalue weighted by Gasteiger charge is -2.11. The zero-order chi connectivity index (χ0) is 13.7. The van der Waals surface area contributed by atoms with Crippen LogP contribution in [0.4, 0.5) is 14.6 Å². The molecule has 0 atom stereocenters. The summed E-state index contributed by atoms with van der Waals surface area (Å²) in [4.78, 5) is 15.1. The third kappa shape index (κ3) is 3.36.